The molecule has 2 heterocycles. The largest absolute Gasteiger partial charge is 0.506 e. The molecule has 52 heavy (non-hydrogen) atoms. The van der Waals surface area contributed by atoms with Gasteiger partial charge in [0.15, 0.2) is 0 Å². The summed E-state index contributed by atoms with van der Waals surface area (Å²) in [4.78, 5) is 13.0. The molecule has 0 saturated heterocycles. The summed E-state index contributed by atoms with van der Waals surface area (Å²) >= 11 is 0. The van der Waals surface area contributed by atoms with Gasteiger partial charge in [-0.25, -0.2) is 4.98 Å². The molecule has 1 saturated carbocycles. The van der Waals surface area contributed by atoms with E-state index < -0.39 is 0 Å². The van der Waals surface area contributed by atoms with Crippen molar-refractivity contribution in [2.24, 2.45) is 10.4 Å². The average molecular weight is 702 g/mol. The van der Waals surface area contributed by atoms with Crippen LogP contribution in [0.2, 0.25) is 0 Å². The van der Waals surface area contributed by atoms with Crippen LogP contribution in [0.3, 0.4) is 0 Å². The van der Waals surface area contributed by atoms with E-state index in [2.05, 4.69) is 144 Å². The van der Waals surface area contributed by atoms with Gasteiger partial charge in [0.1, 0.15) is 22.9 Å². The zero-order valence-corrected chi connectivity index (χ0v) is 34.5. The third-order valence-corrected chi connectivity index (χ3v) is 11.2. The minimum Gasteiger partial charge on any atom is -0.506 e. The van der Waals surface area contributed by atoms with Crippen molar-refractivity contribution >= 4 is 22.4 Å². The van der Waals surface area contributed by atoms with Gasteiger partial charge >= 0.3 is 0 Å². The molecule has 2 atom stereocenters. The van der Waals surface area contributed by atoms with Gasteiger partial charge in [0.2, 0.25) is 5.88 Å². The van der Waals surface area contributed by atoms with Crippen molar-refractivity contribution in [3.63, 3.8) is 0 Å². The molecule has 0 bridgehead atoms. The molecule has 5 nitrogen and oxygen atoms in total. The number of benzene rings is 3. The van der Waals surface area contributed by atoms with Gasteiger partial charge in [-0.2, -0.15) is 0 Å². The number of fused-ring (bicyclic) bond motifs is 2. The number of aromatic nitrogens is 1. The highest BCUT2D eigenvalue weighted by Crippen LogP contribution is 2.45. The van der Waals surface area contributed by atoms with Crippen LogP contribution in [0, 0.1) is 5.41 Å². The second kappa shape index (κ2) is 12.9. The molecule has 1 aliphatic carbocycles. The molecule has 0 radical (unpaired) electrons. The standard InChI is InChI=1S/C47H63N3O2/c1-43(2,3)31-21-30(22-36(26-31)52-40-18-17-29-20-32(44(4,5)6)27-39(51)41(29)49-40)42-48-37-16-15-19-47(13,14)28-38(37)50(42)35-24-33(45(7,8)9)23-34(25-35)46(10,11)12/h17-18,20-27,37-38,51H,15-16,19,28H2,1-14H3/t37-,38+/m0/s1. The molecule has 4 aromatic rings. The Balaban J connectivity index is 1.50. The highest BCUT2D eigenvalue weighted by molar-refractivity contribution is 6.12. The average Bonchev–Trinajstić information content (AvgIpc) is 3.28. The van der Waals surface area contributed by atoms with Crippen LogP contribution in [-0.4, -0.2) is 28.0 Å². The number of rotatable bonds is 4. The summed E-state index contributed by atoms with van der Waals surface area (Å²) in [5.74, 6) is 2.36. The Morgan fingerprint density at radius 3 is 1.88 bits per heavy atom. The van der Waals surface area contributed by atoms with Crippen LogP contribution in [0.15, 0.2) is 65.7 Å². The maximum absolute atomic E-state index is 11.0. The maximum atomic E-state index is 11.0. The first-order valence-corrected chi connectivity index (χ1v) is 19.4. The minimum atomic E-state index is -0.131. The topological polar surface area (TPSA) is 58.0 Å². The first-order chi connectivity index (χ1) is 23.9. The summed E-state index contributed by atoms with van der Waals surface area (Å²) in [7, 11) is 0. The fourth-order valence-electron chi connectivity index (χ4n) is 7.75. The maximum Gasteiger partial charge on any atom is 0.219 e. The van der Waals surface area contributed by atoms with Crippen LogP contribution in [0.5, 0.6) is 17.4 Å². The van der Waals surface area contributed by atoms with Crippen molar-refractivity contribution in [3.05, 3.63) is 88.5 Å². The van der Waals surface area contributed by atoms with Gasteiger partial charge in [-0.15, -0.1) is 0 Å². The van der Waals surface area contributed by atoms with Crippen molar-refractivity contribution in [2.75, 3.05) is 4.90 Å². The third kappa shape index (κ3) is 7.89. The molecule has 5 heteroatoms. The third-order valence-electron chi connectivity index (χ3n) is 11.2. The van der Waals surface area contributed by atoms with Gasteiger partial charge < -0.3 is 14.7 Å². The Bertz CT molecular complexity index is 1980. The fourth-order valence-corrected chi connectivity index (χ4v) is 7.75. The van der Waals surface area contributed by atoms with Crippen LogP contribution in [0.4, 0.5) is 5.69 Å². The number of aromatic hydroxyl groups is 1. The number of pyridine rings is 1. The summed E-state index contributed by atoms with van der Waals surface area (Å²) in [5, 5.41) is 11.9. The molecule has 278 valence electrons. The van der Waals surface area contributed by atoms with Gasteiger partial charge in [0, 0.05) is 22.7 Å². The summed E-state index contributed by atoms with van der Waals surface area (Å²) in [5.41, 5.74) is 7.76. The summed E-state index contributed by atoms with van der Waals surface area (Å²) < 4.78 is 6.62. The van der Waals surface area contributed by atoms with Crippen molar-refractivity contribution in [1.82, 2.24) is 4.98 Å². The first-order valence-electron chi connectivity index (χ1n) is 19.4. The van der Waals surface area contributed by atoms with Gasteiger partial charge in [0.25, 0.3) is 0 Å². The van der Waals surface area contributed by atoms with Crippen LogP contribution >= 0.6 is 0 Å². The smallest absolute Gasteiger partial charge is 0.219 e. The van der Waals surface area contributed by atoms with E-state index in [1.54, 1.807) is 0 Å². The molecule has 0 amide bonds. The number of phenolic OH excluding ortho intramolecular Hbond substituents is 1. The lowest BCUT2D eigenvalue weighted by molar-refractivity contribution is 0.298. The first kappa shape index (κ1) is 37.9. The lowest BCUT2D eigenvalue weighted by atomic mass is 9.79. The number of hydrogen-bond donors (Lipinski definition) is 1. The van der Waals surface area contributed by atoms with E-state index in [4.69, 9.17) is 14.7 Å². The molecule has 1 aliphatic heterocycles. The SMILES string of the molecule is CC1(C)CCC[C@@H]2N=C(c3cc(Oc4ccc5cc(C(C)(C)C)cc(O)c5n4)cc(C(C)(C)C)c3)N(c3cc(C(C)(C)C)cc(C(C)(C)C)c3)[C@@H]2C1. The van der Waals surface area contributed by atoms with Crippen molar-refractivity contribution in [3.8, 4) is 17.4 Å². The minimum absolute atomic E-state index is 0.00205. The number of anilines is 1. The number of ether oxygens (including phenoxy) is 1. The van der Waals surface area contributed by atoms with Crippen LogP contribution < -0.4 is 9.64 Å². The Kier molecular flexibility index (Phi) is 9.41. The number of hydrogen-bond acceptors (Lipinski definition) is 5. The highest BCUT2D eigenvalue weighted by Gasteiger charge is 2.43. The Morgan fingerprint density at radius 2 is 1.29 bits per heavy atom. The molecular formula is C47H63N3O2. The summed E-state index contributed by atoms with van der Waals surface area (Å²) in [6, 6.07) is 22.2. The van der Waals surface area contributed by atoms with Gasteiger partial charge in [0.05, 0.1) is 12.1 Å². The predicted molar refractivity (Wildman–Crippen MR) is 220 cm³/mol. The lowest BCUT2D eigenvalue weighted by Crippen LogP contribution is -2.42. The molecule has 0 unspecified atom stereocenters. The van der Waals surface area contributed by atoms with E-state index in [0.717, 1.165) is 35.2 Å². The Morgan fingerprint density at radius 1 is 0.712 bits per heavy atom. The van der Waals surface area contributed by atoms with Gasteiger partial charge in [-0.1, -0.05) is 109 Å². The molecule has 1 fully saturated rings. The monoisotopic (exact) mass is 701 g/mol. The second-order valence-electron chi connectivity index (χ2n) is 20.6. The molecular weight excluding hydrogens is 639 g/mol. The van der Waals surface area contributed by atoms with E-state index in [9.17, 15) is 5.11 Å². The normalized spacial score (nSPS) is 19.7. The van der Waals surface area contributed by atoms with E-state index in [-0.39, 0.29) is 44.9 Å². The van der Waals surface area contributed by atoms with Crippen molar-refractivity contribution in [2.45, 2.75) is 156 Å². The summed E-state index contributed by atoms with van der Waals surface area (Å²) in [6.45, 7) is 31.9. The molecule has 2 aliphatic rings. The van der Waals surface area contributed by atoms with E-state index in [1.807, 2.05) is 18.2 Å². The predicted octanol–water partition coefficient (Wildman–Crippen LogP) is 12.5. The van der Waals surface area contributed by atoms with E-state index >= 15 is 0 Å². The van der Waals surface area contributed by atoms with Crippen LogP contribution in [-0.2, 0) is 21.7 Å². The van der Waals surface area contributed by atoms with Gasteiger partial charge in [-0.3, -0.25) is 4.99 Å². The highest BCUT2D eigenvalue weighted by atomic mass is 16.5. The number of aliphatic imine (C=N–C) groups is 1. The zero-order chi connectivity index (χ0) is 38.2. The molecule has 1 N–H and O–H groups in total. The Hall–Kier alpha value is -3.86. The van der Waals surface area contributed by atoms with E-state index in [1.165, 1.54) is 35.2 Å². The van der Waals surface area contributed by atoms with Gasteiger partial charge in [-0.05, 0) is 117 Å². The number of phenols is 1. The number of amidine groups is 1. The summed E-state index contributed by atoms with van der Waals surface area (Å²) in [6.07, 6.45) is 4.57. The Labute approximate surface area is 313 Å². The van der Waals surface area contributed by atoms with Crippen molar-refractivity contribution in [1.29, 1.82) is 0 Å². The van der Waals surface area contributed by atoms with Crippen LogP contribution in [0.1, 0.15) is 150 Å². The zero-order valence-electron chi connectivity index (χ0n) is 34.5. The van der Waals surface area contributed by atoms with E-state index in [0.29, 0.717) is 17.1 Å². The molecule has 6 rings (SSSR count). The lowest BCUT2D eigenvalue weighted by Gasteiger charge is -2.36. The van der Waals surface area contributed by atoms with Crippen molar-refractivity contribution < 1.29 is 9.84 Å². The molecule has 0 spiro atoms. The number of nitrogens with zero attached hydrogens (tertiary/aromatic N) is 3. The molecule has 1 aromatic heterocycles. The second-order valence-corrected chi connectivity index (χ2v) is 20.6. The quantitative estimate of drug-likeness (QED) is 0.230. The van der Waals surface area contributed by atoms with Crippen LogP contribution in [0.25, 0.3) is 10.9 Å². The molecule has 3 aromatic carbocycles. The fraction of sp³-hybridized carbons (Fsp3) is 0.532.